The summed E-state index contributed by atoms with van der Waals surface area (Å²) >= 11 is 1.78. The number of terminal acetylenes is 1. The van der Waals surface area contributed by atoms with Crippen LogP contribution in [0.3, 0.4) is 0 Å². The van der Waals surface area contributed by atoms with Crippen molar-refractivity contribution in [1.29, 1.82) is 0 Å². The molecule has 13 heavy (non-hydrogen) atoms. The molecule has 0 aliphatic heterocycles. The third-order valence-electron chi connectivity index (χ3n) is 1.57. The number of rotatable bonds is 5. The lowest BCUT2D eigenvalue weighted by Gasteiger charge is -1.99. The Balaban J connectivity index is 2.14. The van der Waals surface area contributed by atoms with Crippen LogP contribution in [0.4, 0.5) is 0 Å². The van der Waals surface area contributed by atoms with Crippen molar-refractivity contribution in [2.24, 2.45) is 0 Å². The lowest BCUT2D eigenvalue weighted by atomic mass is 10.5. The largest absolute Gasteiger partial charge is 0.468 e. The van der Waals surface area contributed by atoms with Gasteiger partial charge in [-0.05, 0) is 13.0 Å². The second-order valence-electron chi connectivity index (χ2n) is 2.57. The minimum Gasteiger partial charge on any atom is -0.468 e. The summed E-state index contributed by atoms with van der Waals surface area (Å²) in [5, 5.41) is 3.13. The van der Waals surface area contributed by atoms with Gasteiger partial charge in [-0.2, -0.15) is 0 Å². The maximum absolute atomic E-state index is 5.17. The normalized spacial score (nSPS) is 9.85. The number of thioether (sulfide) groups is 1. The first-order chi connectivity index (χ1) is 6.34. The smallest absolute Gasteiger partial charge is 0.114 e. The van der Waals surface area contributed by atoms with E-state index in [1.165, 1.54) is 4.90 Å². The molecule has 0 fully saturated rings. The molecule has 0 saturated heterocycles. The van der Waals surface area contributed by atoms with E-state index in [1.807, 2.05) is 13.0 Å². The molecule has 3 heteroatoms. The molecule has 0 atom stereocenters. The second-order valence-corrected chi connectivity index (χ2v) is 3.71. The Hall–Kier alpha value is -0.850. The minimum absolute atomic E-state index is 0.644. The second kappa shape index (κ2) is 5.74. The summed E-state index contributed by atoms with van der Waals surface area (Å²) in [6.07, 6.45) is 6.81. The summed E-state index contributed by atoms with van der Waals surface area (Å²) in [4.78, 5) is 1.21. The molecule has 1 aromatic rings. The van der Waals surface area contributed by atoms with Crippen molar-refractivity contribution < 1.29 is 4.42 Å². The van der Waals surface area contributed by atoms with E-state index in [-0.39, 0.29) is 0 Å². The van der Waals surface area contributed by atoms with E-state index in [0.717, 1.165) is 18.1 Å². The molecule has 1 N–H and O–H groups in total. The first-order valence-electron chi connectivity index (χ1n) is 4.15. The molecule has 0 aromatic carbocycles. The molecule has 0 unspecified atom stereocenters. The molecule has 0 aliphatic carbocycles. The van der Waals surface area contributed by atoms with Gasteiger partial charge in [-0.15, -0.1) is 18.2 Å². The highest BCUT2D eigenvalue weighted by molar-refractivity contribution is 7.99. The molecule has 0 bridgehead atoms. The van der Waals surface area contributed by atoms with Crippen molar-refractivity contribution in [2.75, 3.05) is 18.8 Å². The molecule has 1 rings (SSSR count). The van der Waals surface area contributed by atoms with Crippen LogP contribution in [0.25, 0.3) is 0 Å². The van der Waals surface area contributed by atoms with Crippen LogP contribution in [0, 0.1) is 19.3 Å². The van der Waals surface area contributed by atoms with Gasteiger partial charge in [-0.25, -0.2) is 0 Å². The predicted octanol–water partition coefficient (Wildman–Crippen LogP) is 1.90. The van der Waals surface area contributed by atoms with Crippen molar-refractivity contribution in [3.63, 3.8) is 0 Å². The van der Waals surface area contributed by atoms with Crippen LogP contribution in [0.2, 0.25) is 0 Å². The molecular formula is C10H13NOS. The van der Waals surface area contributed by atoms with Crippen LogP contribution in [-0.4, -0.2) is 18.8 Å². The first kappa shape index (κ1) is 10.2. The Morgan fingerprint density at radius 2 is 2.54 bits per heavy atom. The van der Waals surface area contributed by atoms with Crippen molar-refractivity contribution >= 4 is 11.8 Å². The quantitative estimate of drug-likeness (QED) is 0.441. The zero-order valence-electron chi connectivity index (χ0n) is 7.67. The van der Waals surface area contributed by atoms with Gasteiger partial charge < -0.3 is 9.73 Å². The van der Waals surface area contributed by atoms with Crippen molar-refractivity contribution in [2.45, 2.75) is 11.8 Å². The average molecular weight is 195 g/mol. The topological polar surface area (TPSA) is 25.2 Å². The Morgan fingerprint density at radius 3 is 3.15 bits per heavy atom. The van der Waals surface area contributed by atoms with E-state index in [2.05, 4.69) is 11.2 Å². The van der Waals surface area contributed by atoms with Gasteiger partial charge in [0.2, 0.25) is 0 Å². The number of hydrogen-bond donors (Lipinski definition) is 1. The monoisotopic (exact) mass is 195 g/mol. The van der Waals surface area contributed by atoms with Gasteiger partial charge in [0.15, 0.2) is 0 Å². The van der Waals surface area contributed by atoms with E-state index in [4.69, 9.17) is 10.8 Å². The van der Waals surface area contributed by atoms with Crippen molar-refractivity contribution in [3.05, 3.63) is 18.1 Å². The Labute approximate surface area is 83.1 Å². The highest BCUT2D eigenvalue weighted by Gasteiger charge is 2.00. The van der Waals surface area contributed by atoms with E-state index in [1.54, 1.807) is 18.0 Å². The fourth-order valence-corrected chi connectivity index (χ4v) is 1.79. The first-order valence-corrected chi connectivity index (χ1v) is 5.14. The lowest BCUT2D eigenvalue weighted by molar-refractivity contribution is 0.527. The standard InChI is InChI=1S/C10H13NOS/c1-3-5-11-6-8-13-10-4-7-12-9(10)2/h1,4,7,11H,5-6,8H2,2H3. The van der Waals surface area contributed by atoms with Crippen LogP contribution in [0.5, 0.6) is 0 Å². The highest BCUT2D eigenvalue weighted by atomic mass is 32.2. The van der Waals surface area contributed by atoms with Gasteiger partial charge in [-0.1, -0.05) is 5.92 Å². The molecule has 70 valence electrons. The van der Waals surface area contributed by atoms with E-state index in [0.29, 0.717) is 6.54 Å². The van der Waals surface area contributed by atoms with Gasteiger partial charge in [-0.3, -0.25) is 0 Å². The van der Waals surface area contributed by atoms with E-state index in [9.17, 15) is 0 Å². The molecule has 0 amide bonds. The van der Waals surface area contributed by atoms with Crippen LogP contribution in [0.15, 0.2) is 21.6 Å². The van der Waals surface area contributed by atoms with Crippen LogP contribution < -0.4 is 5.32 Å². The molecule has 0 spiro atoms. The van der Waals surface area contributed by atoms with Gasteiger partial charge in [0.05, 0.1) is 12.8 Å². The van der Waals surface area contributed by atoms with Crippen LogP contribution >= 0.6 is 11.8 Å². The number of nitrogens with one attached hydrogen (secondary N) is 1. The lowest BCUT2D eigenvalue weighted by Crippen LogP contribution is -2.16. The molecular weight excluding hydrogens is 182 g/mol. The van der Waals surface area contributed by atoms with Crippen molar-refractivity contribution in [3.8, 4) is 12.3 Å². The van der Waals surface area contributed by atoms with E-state index < -0.39 is 0 Å². The fourth-order valence-electron chi connectivity index (χ4n) is 0.917. The molecule has 0 saturated carbocycles. The molecule has 1 aromatic heterocycles. The van der Waals surface area contributed by atoms with Crippen LogP contribution in [0.1, 0.15) is 5.76 Å². The summed E-state index contributed by atoms with van der Waals surface area (Å²) in [7, 11) is 0. The van der Waals surface area contributed by atoms with E-state index >= 15 is 0 Å². The number of aryl methyl sites for hydroxylation is 1. The summed E-state index contributed by atoms with van der Waals surface area (Å²) < 4.78 is 5.17. The van der Waals surface area contributed by atoms with Crippen LogP contribution in [-0.2, 0) is 0 Å². The van der Waals surface area contributed by atoms with Gasteiger partial charge in [0.1, 0.15) is 5.76 Å². The zero-order valence-corrected chi connectivity index (χ0v) is 8.49. The van der Waals surface area contributed by atoms with Gasteiger partial charge >= 0.3 is 0 Å². The summed E-state index contributed by atoms with van der Waals surface area (Å²) in [5.74, 6) is 4.54. The number of furan rings is 1. The average Bonchev–Trinajstić information content (AvgIpc) is 2.52. The molecule has 1 heterocycles. The Morgan fingerprint density at radius 1 is 1.69 bits per heavy atom. The third kappa shape index (κ3) is 3.58. The maximum atomic E-state index is 5.17. The van der Waals surface area contributed by atoms with Gasteiger partial charge in [0.25, 0.3) is 0 Å². The summed E-state index contributed by atoms with van der Waals surface area (Å²) in [6.45, 7) is 3.54. The minimum atomic E-state index is 0.644. The Kier molecular flexibility index (Phi) is 4.52. The fraction of sp³-hybridized carbons (Fsp3) is 0.400. The molecule has 2 nitrogen and oxygen atoms in total. The zero-order chi connectivity index (χ0) is 9.52. The molecule has 0 aliphatic rings. The Bertz CT molecular complexity index is 287. The maximum Gasteiger partial charge on any atom is 0.114 e. The van der Waals surface area contributed by atoms with Gasteiger partial charge in [0, 0.05) is 17.2 Å². The SMILES string of the molecule is C#CCNCCSc1ccoc1C. The number of hydrogen-bond acceptors (Lipinski definition) is 3. The predicted molar refractivity (Wildman–Crippen MR) is 55.9 cm³/mol. The summed E-state index contributed by atoms with van der Waals surface area (Å²) in [6, 6.07) is 1.99. The summed E-state index contributed by atoms with van der Waals surface area (Å²) in [5.41, 5.74) is 0. The highest BCUT2D eigenvalue weighted by Crippen LogP contribution is 2.22. The van der Waals surface area contributed by atoms with Crippen molar-refractivity contribution in [1.82, 2.24) is 5.32 Å². The molecule has 0 radical (unpaired) electrons. The third-order valence-corrected chi connectivity index (χ3v) is 2.72.